The first-order chi connectivity index (χ1) is 11.7. The van der Waals surface area contributed by atoms with E-state index >= 15 is 0 Å². The van der Waals surface area contributed by atoms with Crippen molar-refractivity contribution < 1.29 is 4.74 Å². The van der Waals surface area contributed by atoms with Crippen LogP contribution in [0.4, 0.5) is 0 Å². The molecule has 0 unspecified atom stereocenters. The summed E-state index contributed by atoms with van der Waals surface area (Å²) >= 11 is 0. The van der Waals surface area contributed by atoms with Gasteiger partial charge in [0.05, 0.1) is 0 Å². The minimum absolute atomic E-state index is 0.370. The highest BCUT2D eigenvalue weighted by Gasteiger charge is 2.33. The van der Waals surface area contributed by atoms with Gasteiger partial charge in [-0.05, 0) is 49.7 Å². The van der Waals surface area contributed by atoms with Crippen LogP contribution in [0.1, 0.15) is 50.2 Å². The Balaban J connectivity index is 1.84. The number of ether oxygens (including phenoxy) is 1. The lowest BCUT2D eigenvalue weighted by Gasteiger charge is -2.30. The topological polar surface area (TPSA) is 45.6 Å². The summed E-state index contributed by atoms with van der Waals surface area (Å²) in [6.07, 6.45) is 6.40. The largest absolute Gasteiger partial charge is 0.382 e. The standard InChI is InChI=1S/C20H33N3O/c1-4-24-14-13-20(11-7-8-12-20)16-23-19(21-3)22-15-18-10-6-5-9-17(18)2/h5-6,9-10H,4,7-8,11-16H2,1-3H3,(H2,21,22,23). The highest BCUT2D eigenvalue weighted by Crippen LogP contribution is 2.40. The second-order valence-electron chi connectivity index (χ2n) is 6.86. The molecule has 4 heteroatoms. The molecule has 4 nitrogen and oxygen atoms in total. The smallest absolute Gasteiger partial charge is 0.191 e. The summed E-state index contributed by atoms with van der Waals surface area (Å²) in [7, 11) is 1.84. The Hall–Kier alpha value is -1.55. The molecule has 24 heavy (non-hydrogen) atoms. The Morgan fingerprint density at radius 1 is 1.21 bits per heavy atom. The fourth-order valence-corrected chi connectivity index (χ4v) is 3.55. The summed E-state index contributed by atoms with van der Waals surface area (Å²) < 4.78 is 5.60. The van der Waals surface area contributed by atoms with Crippen LogP contribution in [0.25, 0.3) is 0 Å². The molecule has 2 N–H and O–H groups in total. The average molecular weight is 332 g/mol. The lowest BCUT2D eigenvalue weighted by Crippen LogP contribution is -2.43. The van der Waals surface area contributed by atoms with Crippen LogP contribution in [0.3, 0.4) is 0 Å². The third-order valence-electron chi connectivity index (χ3n) is 5.21. The first-order valence-corrected chi connectivity index (χ1v) is 9.26. The summed E-state index contributed by atoms with van der Waals surface area (Å²) in [5.41, 5.74) is 2.99. The molecule has 1 saturated carbocycles. The predicted octanol–water partition coefficient (Wildman–Crippen LogP) is 3.65. The summed E-state index contributed by atoms with van der Waals surface area (Å²) in [6.45, 7) is 7.67. The van der Waals surface area contributed by atoms with Gasteiger partial charge in [0.15, 0.2) is 5.96 Å². The van der Waals surface area contributed by atoms with Crippen molar-refractivity contribution in [3.63, 3.8) is 0 Å². The van der Waals surface area contributed by atoms with Crippen LogP contribution in [0.2, 0.25) is 0 Å². The van der Waals surface area contributed by atoms with Crippen LogP contribution in [-0.4, -0.2) is 32.8 Å². The molecule has 0 radical (unpaired) electrons. The van der Waals surface area contributed by atoms with E-state index in [9.17, 15) is 0 Å². The third kappa shape index (κ3) is 5.52. The SMILES string of the molecule is CCOCCC1(CNC(=NC)NCc2ccccc2C)CCCC1. The van der Waals surface area contributed by atoms with Gasteiger partial charge in [0, 0.05) is 33.4 Å². The van der Waals surface area contributed by atoms with E-state index in [4.69, 9.17) is 4.74 Å². The summed E-state index contributed by atoms with van der Waals surface area (Å²) in [4.78, 5) is 4.38. The maximum absolute atomic E-state index is 5.60. The molecule has 0 bridgehead atoms. The number of guanidine groups is 1. The molecule has 1 aliphatic carbocycles. The minimum Gasteiger partial charge on any atom is -0.382 e. The van der Waals surface area contributed by atoms with Gasteiger partial charge in [0.1, 0.15) is 0 Å². The molecule has 0 aliphatic heterocycles. The van der Waals surface area contributed by atoms with E-state index in [1.807, 2.05) is 7.05 Å². The number of nitrogens with zero attached hydrogens (tertiary/aromatic N) is 1. The average Bonchev–Trinajstić information content (AvgIpc) is 3.06. The molecular weight excluding hydrogens is 298 g/mol. The lowest BCUT2D eigenvalue weighted by atomic mass is 9.83. The van der Waals surface area contributed by atoms with Gasteiger partial charge in [-0.1, -0.05) is 37.1 Å². The normalized spacial score (nSPS) is 17.0. The zero-order chi connectivity index (χ0) is 17.3. The van der Waals surface area contributed by atoms with Crippen molar-refractivity contribution in [2.24, 2.45) is 10.4 Å². The number of hydrogen-bond acceptors (Lipinski definition) is 2. The van der Waals surface area contributed by atoms with E-state index < -0.39 is 0 Å². The fraction of sp³-hybridized carbons (Fsp3) is 0.650. The van der Waals surface area contributed by atoms with Crippen LogP contribution >= 0.6 is 0 Å². The van der Waals surface area contributed by atoms with Gasteiger partial charge in [0.2, 0.25) is 0 Å². The van der Waals surface area contributed by atoms with E-state index in [2.05, 4.69) is 53.7 Å². The molecule has 0 atom stereocenters. The van der Waals surface area contributed by atoms with E-state index in [0.29, 0.717) is 5.41 Å². The first kappa shape index (κ1) is 18.8. The molecule has 1 aromatic rings. The Labute approximate surface area is 147 Å². The Bertz CT molecular complexity index is 521. The first-order valence-electron chi connectivity index (χ1n) is 9.26. The molecule has 0 amide bonds. The molecule has 0 spiro atoms. The van der Waals surface area contributed by atoms with Crippen molar-refractivity contribution in [3.8, 4) is 0 Å². The molecule has 0 heterocycles. The van der Waals surface area contributed by atoms with Gasteiger partial charge >= 0.3 is 0 Å². The van der Waals surface area contributed by atoms with Crippen LogP contribution in [0.5, 0.6) is 0 Å². The zero-order valence-corrected chi connectivity index (χ0v) is 15.5. The molecular formula is C20H33N3O. The molecule has 134 valence electrons. The van der Waals surface area contributed by atoms with E-state index in [1.54, 1.807) is 0 Å². The highest BCUT2D eigenvalue weighted by atomic mass is 16.5. The maximum Gasteiger partial charge on any atom is 0.191 e. The number of aliphatic imine (C=N–C) groups is 1. The summed E-state index contributed by atoms with van der Waals surface area (Å²) in [6, 6.07) is 8.47. The lowest BCUT2D eigenvalue weighted by molar-refractivity contribution is 0.105. The number of rotatable bonds is 8. The Kier molecular flexibility index (Phi) is 7.57. The maximum atomic E-state index is 5.60. The van der Waals surface area contributed by atoms with Crippen molar-refractivity contribution in [3.05, 3.63) is 35.4 Å². The van der Waals surface area contributed by atoms with Crippen molar-refractivity contribution >= 4 is 5.96 Å². The van der Waals surface area contributed by atoms with E-state index in [-0.39, 0.29) is 0 Å². The van der Waals surface area contributed by atoms with Gasteiger partial charge in [-0.2, -0.15) is 0 Å². The van der Waals surface area contributed by atoms with Gasteiger partial charge in [-0.25, -0.2) is 0 Å². The monoisotopic (exact) mass is 331 g/mol. The van der Waals surface area contributed by atoms with Gasteiger partial charge in [0.25, 0.3) is 0 Å². The molecule has 2 rings (SSSR count). The molecule has 1 aliphatic rings. The van der Waals surface area contributed by atoms with Crippen LogP contribution < -0.4 is 10.6 Å². The van der Waals surface area contributed by atoms with Crippen molar-refractivity contribution in [2.75, 3.05) is 26.8 Å². The molecule has 0 saturated heterocycles. The summed E-state index contributed by atoms with van der Waals surface area (Å²) in [5, 5.41) is 6.99. The van der Waals surface area contributed by atoms with Crippen LogP contribution in [0, 0.1) is 12.3 Å². The molecule has 1 aromatic carbocycles. The quantitative estimate of drug-likeness (QED) is 0.434. The molecule has 1 fully saturated rings. The summed E-state index contributed by atoms with van der Waals surface area (Å²) in [5.74, 6) is 0.890. The van der Waals surface area contributed by atoms with Gasteiger partial charge in [-0.15, -0.1) is 0 Å². The van der Waals surface area contributed by atoms with Gasteiger partial charge < -0.3 is 15.4 Å². The predicted molar refractivity (Wildman–Crippen MR) is 101 cm³/mol. The van der Waals surface area contributed by atoms with E-state index in [1.165, 1.54) is 36.8 Å². The van der Waals surface area contributed by atoms with Crippen LogP contribution in [0.15, 0.2) is 29.3 Å². The second kappa shape index (κ2) is 9.67. The van der Waals surface area contributed by atoms with Crippen LogP contribution in [-0.2, 0) is 11.3 Å². The highest BCUT2D eigenvalue weighted by molar-refractivity contribution is 5.79. The number of hydrogen-bond donors (Lipinski definition) is 2. The number of aryl methyl sites for hydroxylation is 1. The molecule has 0 aromatic heterocycles. The van der Waals surface area contributed by atoms with E-state index in [0.717, 1.165) is 38.7 Å². The van der Waals surface area contributed by atoms with Gasteiger partial charge in [-0.3, -0.25) is 4.99 Å². The Morgan fingerprint density at radius 3 is 2.62 bits per heavy atom. The van der Waals surface area contributed by atoms with Crippen molar-refractivity contribution in [1.29, 1.82) is 0 Å². The number of nitrogens with one attached hydrogen (secondary N) is 2. The number of benzene rings is 1. The zero-order valence-electron chi connectivity index (χ0n) is 15.5. The third-order valence-corrected chi connectivity index (χ3v) is 5.21. The second-order valence-corrected chi connectivity index (χ2v) is 6.86. The minimum atomic E-state index is 0.370. The fourth-order valence-electron chi connectivity index (χ4n) is 3.55. The Morgan fingerprint density at radius 2 is 1.96 bits per heavy atom. The van der Waals surface area contributed by atoms with Crippen molar-refractivity contribution in [1.82, 2.24) is 10.6 Å². The van der Waals surface area contributed by atoms with Crippen molar-refractivity contribution in [2.45, 2.75) is 52.5 Å².